The van der Waals surface area contributed by atoms with Crippen LogP contribution >= 0.6 is 0 Å². The molecule has 0 spiro atoms. The molecule has 1 heterocycles. The third kappa shape index (κ3) is 2.62. The summed E-state index contributed by atoms with van der Waals surface area (Å²) in [5.41, 5.74) is 1.55. The summed E-state index contributed by atoms with van der Waals surface area (Å²) in [4.78, 5) is 17.3. The second-order valence-corrected chi connectivity index (χ2v) is 5.13. The third-order valence-corrected chi connectivity index (χ3v) is 3.63. The summed E-state index contributed by atoms with van der Waals surface area (Å²) in [6.45, 7) is 2.52. The molecule has 5 nitrogen and oxygen atoms in total. The van der Waals surface area contributed by atoms with E-state index in [0.717, 1.165) is 30.7 Å². The van der Waals surface area contributed by atoms with Crippen LogP contribution in [-0.4, -0.2) is 28.1 Å². The predicted molar refractivity (Wildman–Crippen MR) is 80.9 cm³/mol. The van der Waals surface area contributed by atoms with Gasteiger partial charge in [0.15, 0.2) is 5.57 Å². The van der Waals surface area contributed by atoms with Crippen LogP contribution in [0.25, 0.3) is 5.57 Å². The zero-order valence-corrected chi connectivity index (χ0v) is 12.4. The van der Waals surface area contributed by atoms with Crippen molar-refractivity contribution in [2.45, 2.75) is 26.2 Å². The molecule has 0 unspecified atom stereocenters. The van der Waals surface area contributed by atoms with Gasteiger partial charge in [0.1, 0.15) is 5.76 Å². The highest BCUT2D eigenvalue weighted by Crippen LogP contribution is 2.27. The molecule has 1 aliphatic heterocycles. The summed E-state index contributed by atoms with van der Waals surface area (Å²) in [6, 6.07) is 9.01. The van der Waals surface area contributed by atoms with Gasteiger partial charge in [-0.1, -0.05) is 30.3 Å². The number of hydrogen-bond acceptors (Lipinski definition) is 4. The maximum absolute atomic E-state index is 12.1. The number of allylic oxidation sites excluding steroid dienone is 2. The number of ether oxygens (including phenoxy) is 1. The van der Waals surface area contributed by atoms with E-state index < -0.39 is 5.97 Å². The van der Waals surface area contributed by atoms with Gasteiger partial charge in [-0.3, -0.25) is 0 Å². The lowest BCUT2D eigenvalue weighted by atomic mass is 10.0. The minimum Gasteiger partial charge on any atom is -0.498 e. The normalized spacial score (nSPS) is 21.7. The lowest BCUT2D eigenvalue weighted by molar-refractivity contribution is -0.732. The Balaban J connectivity index is 2.03. The minimum atomic E-state index is -0.548. The minimum absolute atomic E-state index is 0.166. The smallest absolute Gasteiger partial charge is 0.431 e. The van der Waals surface area contributed by atoms with Gasteiger partial charge in [-0.15, -0.1) is 0 Å². The van der Waals surface area contributed by atoms with E-state index in [4.69, 9.17) is 9.57 Å². The quantitative estimate of drug-likeness (QED) is 0.689. The molecule has 3 rings (SSSR count). The molecule has 1 aromatic carbocycles. The van der Waals surface area contributed by atoms with Crippen LogP contribution in [0.2, 0.25) is 0 Å². The zero-order valence-electron chi connectivity index (χ0n) is 12.4. The first-order chi connectivity index (χ1) is 10.7. The standard InChI is InChI=1S/C17H17NO4/c1-2-21-14-10-6-9-13(11-14)18-16(19)15(17(20)22-18)12-7-4-3-5-8-12/h3-5,7-8,11H,2,6,9-10H2,1H3/p+1/b18-13-. The van der Waals surface area contributed by atoms with Crippen LogP contribution in [0.5, 0.6) is 0 Å². The summed E-state index contributed by atoms with van der Waals surface area (Å²) in [7, 11) is 0. The van der Waals surface area contributed by atoms with Crippen molar-refractivity contribution in [3.05, 3.63) is 53.6 Å². The number of hydrogen-bond donors (Lipinski definition) is 1. The highest BCUT2D eigenvalue weighted by molar-refractivity contribution is 6.17. The van der Waals surface area contributed by atoms with Crippen molar-refractivity contribution in [3.63, 3.8) is 0 Å². The van der Waals surface area contributed by atoms with Crippen molar-refractivity contribution in [1.82, 2.24) is 0 Å². The van der Waals surface area contributed by atoms with Crippen LogP contribution in [0.15, 0.2) is 48.1 Å². The van der Waals surface area contributed by atoms with E-state index >= 15 is 0 Å². The molecule has 2 aliphatic rings. The van der Waals surface area contributed by atoms with Crippen molar-refractivity contribution in [1.29, 1.82) is 0 Å². The number of rotatable bonds is 3. The molecule has 1 aromatic rings. The summed E-state index contributed by atoms with van der Waals surface area (Å²) >= 11 is 0. The molecule has 0 fully saturated rings. The van der Waals surface area contributed by atoms with Crippen LogP contribution in [-0.2, 0) is 14.4 Å². The summed E-state index contributed by atoms with van der Waals surface area (Å²) in [5.74, 6) is 0.133. The maximum atomic E-state index is 12.1. The molecule has 0 atom stereocenters. The lowest BCUT2D eigenvalue weighted by Crippen LogP contribution is -2.20. The summed E-state index contributed by atoms with van der Waals surface area (Å²) in [6.07, 6.45) is 4.30. The Morgan fingerprint density at radius 3 is 2.77 bits per heavy atom. The van der Waals surface area contributed by atoms with E-state index in [1.165, 1.54) is 4.74 Å². The van der Waals surface area contributed by atoms with Gasteiger partial charge in [0.2, 0.25) is 5.71 Å². The number of aliphatic hydroxyl groups excluding tert-OH is 1. The van der Waals surface area contributed by atoms with Crippen molar-refractivity contribution >= 4 is 17.3 Å². The van der Waals surface area contributed by atoms with Crippen LogP contribution in [0.3, 0.4) is 0 Å². The van der Waals surface area contributed by atoms with Crippen LogP contribution < -0.4 is 0 Å². The van der Waals surface area contributed by atoms with E-state index in [0.29, 0.717) is 12.2 Å². The molecule has 0 radical (unpaired) electrons. The summed E-state index contributed by atoms with van der Waals surface area (Å²) in [5, 5.41) is 10.4. The average Bonchev–Trinajstić information content (AvgIpc) is 2.84. The Labute approximate surface area is 128 Å². The fourth-order valence-corrected chi connectivity index (χ4v) is 2.64. The highest BCUT2D eigenvalue weighted by Gasteiger charge is 2.42. The lowest BCUT2D eigenvalue weighted by Gasteiger charge is -2.12. The molecule has 0 aromatic heterocycles. The second kappa shape index (κ2) is 6.05. The van der Waals surface area contributed by atoms with Crippen LogP contribution in [0.1, 0.15) is 31.7 Å². The van der Waals surface area contributed by atoms with Gasteiger partial charge in [-0.2, -0.15) is 4.84 Å². The Morgan fingerprint density at radius 2 is 2.05 bits per heavy atom. The van der Waals surface area contributed by atoms with E-state index in [1.54, 1.807) is 12.1 Å². The van der Waals surface area contributed by atoms with Gasteiger partial charge in [0.25, 0.3) is 0 Å². The number of carbonyl (C=O) groups is 1. The molecular weight excluding hydrogens is 282 g/mol. The van der Waals surface area contributed by atoms with E-state index in [1.807, 2.05) is 31.2 Å². The Morgan fingerprint density at radius 1 is 1.27 bits per heavy atom. The number of hydroxylamine groups is 1. The van der Waals surface area contributed by atoms with Crippen molar-refractivity contribution in [2.24, 2.45) is 0 Å². The zero-order chi connectivity index (χ0) is 15.5. The molecule has 0 bridgehead atoms. The molecule has 0 saturated heterocycles. The maximum Gasteiger partial charge on any atom is 0.431 e. The average molecular weight is 300 g/mol. The molecule has 1 aliphatic carbocycles. The fraction of sp³-hybridized carbons (Fsp3) is 0.294. The molecular formula is C17H18NO4+. The Bertz CT molecular complexity index is 686. The fourth-order valence-electron chi connectivity index (χ4n) is 2.64. The van der Waals surface area contributed by atoms with Crippen molar-refractivity contribution in [3.8, 4) is 0 Å². The van der Waals surface area contributed by atoms with Crippen LogP contribution in [0, 0.1) is 0 Å². The number of aliphatic hydroxyl groups is 1. The number of benzene rings is 1. The van der Waals surface area contributed by atoms with Crippen molar-refractivity contribution < 1.29 is 24.2 Å². The molecule has 1 N–H and O–H groups in total. The predicted octanol–water partition coefficient (Wildman–Crippen LogP) is 2.94. The molecule has 0 saturated carbocycles. The van der Waals surface area contributed by atoms with E-state index in [2.05, 4.69) is 0 Å². The van der Waals surface area contributed by atoms with E-state index in [-0.39, 0.29) is 11.5 Å². The van der Waals surface area contributed by atoms with Gasteiger partial charge < -0.3 is 9.84 Å². The second-order valence-electron chi connectivity index (χ2n) is 5.13. The third-order valence-electron chi connectivity index (χ3n) is 3.63. The number of carbonyl (C=O) groups excluding carboxylic acids is 1. The first kappa shape index (κ1) is 14.4. The Hall–Kier alpha value is -2.56. The molecule has 114 valence electrons. The molecule has 22 heavy (non-hydrogen) atoms. The largest absolute Gasteiger partial charge is 0.498 e. The first-order valence-electron chi connectivity index (χ1n) is 7.41. The SMILES string of the molecule is CCOC1=C/C(=[N+]2\OC(=O)C(c3ccccc3)=C2O)CCC1. The highest BCUT2D eigenvalue weighted by atomic mass is 16.7. The van der Waals surface area contributed by atoms with E-state index in [9.17, 15) is 9.90 Å². The summed E-state index contributed by atoms with van der Waals surface area (Å²) < 4.78 is 6.73. The molecule has 0 amide bonds. The van der Waals surface area contributed by atoms with Gasteiger partial charge in [-0.05, 0) is 18.9 Å². The first-order valence-corrected chi connectivity index (χ1v) is 7.41. The van der Waals surface area contributed by atoms with Crippen molar-refractivity contribution in [2.75, 3.05) is 6.61 Å². The van der Waals surface area contributed by atoms with Gasteiger partial charge in [0, 0.05) is 18.9 Å². The topological polar surface area (TPSA) is 58.8 Å². The van der Waals surface area contributed by atoms with Gasteiger partial charge >= 0.3 is 11.9 Å². The number of nitrogens with zero attached hydrogens (tertiary/aromatic N) is 1. The monoisotopic (exact) mass is 300 g/mol. The molecule has 5 heteroatoms. The Kier molecular flexibility index (Phi) is 3.96. The van der Waals surface area contributed by atoms with Crippen LogP contribution in [0.4, 0.5) is 0 Å². The van der Waals surface area contributed by atoms with Gasteiger partial charge in [0.05, 0.1) is 11.3 Å². The van der Waals surface area contributed by atoms with Gasteiger partial charge in [-0.25, -0.2) is 4.79 Å².